The summed E-state index contributed by atoms with van der Waals surface area (Å²) in [6.45, 7) is 6.92. The molecule has 2 aliphatic rings. The molecular formula is C13H23NO3. The van der Waals surface area contributed by atoms with Crippen LogP contribution < -0.4 is 0 Å². The summed E-state index contributed by atoms with van der Waals surface area (Å²) in [4.78, 5) is 14.2. The summed E-state index contributed by atoms with van der Waals surface area (Å²) in [6, 6.07) is 0. The average Bonchev–Trinajstić information content (AvgIpc) is 2.29. The topological polar surface area (TPSA) is 38.8 Å². The minimum Gasteiger partial charge on any atom is -0.378 e. The van der Waals surface area contributed by atoms with Crippen molar-refractivity contribution in [3.8, 4) is 0 Å². The maximum atomic E-state index is 12.3. The number of nitrogens with zero attached hydrogens (tertiary/aromatic N) is 1. The Balaban J connectivity index is 1.89. The van der Waals surface area contributed by atoms with Crippen molar-refractivity contribution < 1.29 is 14.3 Å². The Hall–Kier alpha value is -0.610. The van der Waals surface area contributed by atoms with Crippen LogP contribution in [0.2, 0.25) is 0 Å². The van der Waals surface area contributed by atoms with E-state index < -0.39 is 0 Å². The van der Waals surface area contributed by atoms with Gasteiger partial charge in [0.15, 0.2) is 0 Å². The first-order valence-corrected chi connectivity index (χ1v) is 6.59. The molecule has 2 fully saturated rings. The molecule has 0 aliphatic carbocycles. The molecule has 2 saturated heterocycles. The molecule has 98 valence electrons. The summed E-state index contributed by atoms with van der Waals surface area (Å²) in [5.74, 6) is 0.213. The second-order valence-corrected chi connectivity index (χ2v) is 5.60. The molecule has 17 heavy (non-hydrogen) atoms. The van der Waals surface area contributed by atoms with Gasteiger partial charge in [0.05, 0.1) is 31.3 Å². The average molecular weight is 241 g/mol. The second kappa shape index (κ2) is 5.36. The predicted octanol–water partition coefficient (Wildman–Crippen LogP) is 1.58. The molecule has 0 radical (unpaired) electrons. The summed E-state index contributed by atoms with van der Waals surface area (Å²) in [7, 11) is 0. The van der Waals surface area contributed by atoms with Crippen LogP contribution >= 0.6 is 0 Å². The summed E-state index contributed by atoms with van der Waals surface area (Å²) in [5.41, 5.74) is -0.177. The molecule has 2 heterocycles. The summed E-state index contributed by atoms with van der Waals surface area (Å²) in [5, 5.41) is 0. The molecule has 1 amide bonds. The Labute approximate surface area is 103 Å². The normalized spacial score (nSPS) is 29.1. The zero-order chi connectivity index (χ0) is 12.3. The number of hydrogen-bond donors (Lipinski definition) is 0. The van der Waals surface area contributed by atoms with Gasteiger partial charge < -0.3 is 14.4 Å². The zero-order valence-corrected chi connectivity index (χ0v) is 10.9. The molecule has 0 aromatic carbocycles. The van der Waals surface area contributed by atoms with Gasteiger partial charge in [0.25, 0.3) is 0 Å². The molecular weight excluding hydrogens is 218 g/mol. The molecule has 0 saturated carbocycles. The van der Waals surface area contributed by atoms with Crippen LogP contribution in [0.15, 0.2) is 0 Å². The highest BCUT2D eigenvalue weighted by Gasteiger charge is 2.35. The smallest absolute Gasteiger partial charge is 0.225 e. The van der Waals surface area contributed by atoms with Crippen LogP contribution in [-0.4, -0.2) is 48.8 Å². The van der Waals surface area contributed by atoms with E-state index in [1.165, 1.54) is 6.42 Å². The van der Waals surface area contributed by atoms with Gasteiger partial charge in [-0.2, -0.15) is 0 Å². The van der Waals surface area contributed by atoms with Crippen LogP contribution in [0.4, 0.5) is 0 Å². The van der Waals surface area contributed by atoms with E-state index in [1.807, 2.05) is 4.90 Å². The van der Waals surface area contributed by atoms with Gasteiger partial charge in [-0.1, -0.05) is 0 Å². The fraction of sp³-hybridized carbons (Fsp3) is 0.923. The van der Waals surface area contributed by atoms with Gasteiger partial charge in [-0.3, -0.25) is 4.79 Å². The Morgan fingerprint density at radius 1 is 1.35 bits per heavy atom. The van der Waals surface area contributed by atoms with Gasteiger partial charge in [0.2, 0.25) is 5.91 Å². The van der Waals surface area contributed by atoms with Gasteiger partial charge in [0.1, 0.15) is 0 Å². The van der Waals surface area contributed by atoms with Gasteiger partial charge in [-0.25, -0.2) is 0 Å². The van der Waals surface area contributed by atoms with Crippen LogP contribution in [-0.2, 0) is 14.3 Å². The lowest BCUT2D eigenvalue weighted by molar-refractivity contribution is -0.150. The quantitative estimate of drug-likeness (QED) is 0.737. The first kappa shape index (κ1) is 12.8. The molecule has 4 nitrogen and oxygen atoms in total. The van der Waals surface area contributed by atoms with E-state index in [2.05, 4.69) is 13.8 Å². The third-order valence-corrected chi connectivity index (χ3v) is 3.62. The summed E-state index contributed by atoms with van der Waals surface area (Å²) >= 11 is 0. The van der Waals surface area contributed by atoms with Crippen LogP contribution in [0, 0.1) is 0 Å². The number of amides is 1. The fourth-order valence-corrected chi connectivity index (χ4v) is 2.59. The number of morpholine rings is 1. The molecule has 0 spiro atoms. The van der Waals surface area contributed by atoms with Gasteiger partial charge in [0, 0.05) is 13.2 Å². The summed E-state index contributed by atoms with van der Waals surface area (Å²) < 4.78 is 11.1. The summed E-state index contributed by atoms with van der Waals surface area (Å²) in [6.07, 6.45) is 4.01. The van der Waals surface area contributed by atoms with E-state index in [9.17, 15) is 4.79 Å². The molecule has 1 atom stereocenters. The second-order valence-electron chi connectivity index (χ2n) is 5.60. The molecule has 4 heteroatoms. The number of ether oxygens (including phenoxy) is 2. The largest absolute Gasteiger partial charge is 0.378 e. The molecule has 1 unspecified atom stereocenters. The van der Waals surface area contributed by atoms with E-state index >= 15 is 0 Å². The lowest BCUT2D eigenvalue weighted by Crippen LogP contribution is -2.56. The predicted molar refractivity (Wildman–Crippen MR) is 64.8 cm³/mol. The van der Waals surface area contributed by atoms with Crippen LogP contribution in [0.5, 0.6) is 0 Å². The number of rotatable bonds is 2. The van der Waals surface area contributed by atoms with Crippen molar-refractivity contribution >= 4 is 5.91 Å². The van der Waals surface area contributed by atoms with Crippen molar-refractivity contribution in [3.63, 3.8) is 0 Å². The third kappa shape index (κ3) is 3.19. The van der Waals surface area contributed by atoms with Gasteiger partial charge in [-0.05, 0) is 33.1 Å². The SMILES string of the molecule is CC1(C)COCCN1C(=O)CC1CCCCO1. The van der Waals surface area contributed by atoms with Crippen LogP contribution in [0.3, 0.4) is 0 Å². The maximum absolute atomic E-state index is 12.3. The van der Waals surface area contributed by atoms with E-state index in [1.54, 1.807) is 0 Å². The Morgan fingerprint density at radius 3 is 2.82 bits per heavy atom. The van der Waals surface area contributed by atoms with E-state index in [0.29, 0.717) is 26.2 Å². The Morgan fingerprint density at radius 2 is 2.18 bits per heavy atom. The van der Waals surface area contributed by atoms with Gasteiger partial charge >= 0.3 is 0 Å². The molecule has 0 aromatic heterocycles. The zero-order valence-electron chi connectivity index (χ0n) is 10.9. The monoisotopic (exact) mass is 241 g/mol. The highest BCUT2D eigenvalue weighted by atomic mass is 16.5. The molecule has 2 aliphatic heterocycles. The maximum Gasteiger partial charge on any atom is 0.225 e. The molecule has 2 rings (SSSR count). The number of hydrogen-bond acceptors (Lipinski definition) is 3. The fourth-order valence-electron chi connectivity index (χ4n) is 2.59. The van der Waals surface area contributed by atoms with Gasteiger partial charge in [-0.15, -0.1) is 0 Å². The van der Waals surface area contributed by atoms with Crippen molar-refractivity contribution in [3.05, 3.63) is 0 Å². The number of carbonyl (C=O) groups excluding carboxylic acids is 1. The van der Waals surface area contributed by atoms with Crippen molar-refractivity contribution in [2.24, 2.45) is 0 Å². The highest BCUT2D eigenvalue weighted by molar-refractivity contribution is 5.77. The van der Waals surface area contributed by atoms with Crippen molar-refractivity contribution in [1.29, 1.82) is 0 Å². The van der Waals surface area contributed by atoms with E-state index in [0.717, 1.165) is 19.4 Å². The lowest BCUT2D eigenvalue weighted by atomic mass is 10.00. The lowest BCUT2D eigenvalue weighted by Gasteiger charge is -2.42. The first-order chi connectivity index (χ1) is 8.09. The minimum atomic E-state index is -0.177. The van der Waals surface area contributed by atoms with Crippen LogP contribution in [0.25, 0.3) is 0 Å². The molecule has 0 N–H and O–H groups in total. The first-order valence-electron chi connectivity index (χ1n) is 6.59. The van der Waals surface area contributed by atoms with E-state index in [-0.39, 0.29) is 17.6 Å². The standard InChI is InChI=1S/C13H23NO3/c1-13(2)10-16-8-6-14(13)12(15)9-11-5-3-4-7-17-11/h11H,3-10H2,1-2H3. The molecule has 0 bridgehead atoms. The third-order valence-electron chi connectivity index (χ3n) is 3.62. The Bertz CT molecular complexity index is 272. The highest BCUT2D eigenvalue weighted by Crippen LogP contribution is 2.23. The molecule has 0 aromatic rings. The van der Waals surface area contributed by atoms with Crippen molar-refractivity contribution in [2.75, 3.05) is 26.4 Å². The van der Waals surface area contributed by atoms with Crippen molar-refractivity contribution in [1.82, 2.24) is 4.90 Å². The van der Waals surface area contributed by atoms with E-state index in [4.69, 9.17) is 9.47 Å². The van der Waals surface area contributed by atoms with Crippen molar-refractivity contribution in [2.45, 2.75) is 51.2 Å². The minimum absolute atomic E-state index is 0.134. The van der Waals surface area contributed by atoms with Crippen LogP contribution in [0.1, 0.15) is 39.5 Å². The number of carbonyl (C=O) groups is 1. The Kier molecular flexibility index (Phi) is 4.05.